The van der Waals surface area contributed by atoms with Gasteiger partial charge in [-0.2, -0.15) is 0 Å². The molecule has 0 radical (unpaired) electrons. The van der Waals surface area contributed by atoms with Crippen LogP contribution in [0, 0.1) is 0 Å². The fourth-order valence-electron chi connectivity index (χ4n) is 2.67. The lowest BCUT2D eigenvalue weighted by Gasteiger charge is -2.16. The second-order valence-corrected chi connectivity index (χ2v) is 7.89. The molecule has 0 aliphatic heterocycles. The number of nitrogens with one attached hydrogen (secondary N) is 1. The number of amides is 1. The van der Waals surface area contributed by atoms with Gasteiger partial charge in [-0.05, 0) is 37.6 Å². The number of fused-ring (bicyclic) bond motifs is 1. The van der Waals surface area contributed by atoms with Gasteiger partial charge in [0.1, 0.15) is 0 Å². The molecule has 0 saturated carbocycles. The molecule has 0 unspecified atom stereocenters. The number of thioether (sulfide) groups is 1. The number of halogens is 1. The van der Waals surface area contributed by atoms with Gasteiger partial charge in [0.25, 0.3) is 5.56 Å². The Hall–Kier alpha value is -2.35. The van der Waals surface area contributed by atoms with Crippen molar-refractivity contribution in [1.29, 1.82) is 0 Å². The van der Waals surface area contributed by atoms with Gasteiger partial charge in [-0.25, -0.2) is 4.98 Å². The molecule has 2 N–H and O–H groups in total. The number of aliphatic hydroxyl groups excluding tert-OH is 1. The number of aliphatic hydroxyl groups is 1. The Balaban J connectivity index is 1.88. The highest BCUT2D eigenvalue weighted by atomic mass is 35.5. The summed E-state index contributed by atoms with van der Waals surface area (Å²) in [6.07, 6.45) is 0.424. The number of carbonyl (C=O) groups is 1. The highest BCUT2D eigenvalue weighted by molar-refractivity contribution is 8.00. The molecule has 0 fully saturated rings. The molecule has 1 amide bonds. The SMILES string of the molecule is C[C@H](Sc1nc2ccccc2c(=O)n1CCCO)C(=O)Nc1ccccc1Cl. The Labute approximate surface area is 171 Å². The van der Waals surface area contributed by atoms with Gasteiger partial charge in [0.2, 0.25) is 5.91 Å². The van der Waals surface area contributed by atoms with Crippen LogP contribution < -0.4 is 10.9 Å². The summed E-state index contributed by atoms with van der Waals surface area (Å²) in [6.45, 7) is 2.04. The van der Waals surface area contributed by atoms with Crippen molar-refractivity contribution in [2.24, 2.45) is 0 Å². The molecule has 6 nitrogen and oxygen atoms in total. The second-order valence-electron chi connectivity index (χ2n) is 6.17. The molecule has 1 atom stereocenters. The molecule has 146 valence electrons. The van der Waals surface area contributed by atoms with Crippen LogP contribution in [0.1, 0.15) is 13.3 Å². The molecule has 1 heterocycles. The first kappa shape index (κ1) is 20.4. The zero-order valence-corrected chi connectivity index (χ0v) is 16.8. The van der Waals surface area contributed by atoms with Crippen molar-refractivity contribution in [2.75, 3.05) is 11.9 Å². The summed E-state index contributed by atoms with van der Waals surface area (Å²) in [6, 6.07) is 14.1. The number of para-hydroxylation sites is 2. The van der Waals surface area contributed by atoms with Gasteiger partial charge < -0.3 is 10.4 Å². The molecule has 2 aromatic carbocycles. The van der Waals surface area contributed by atoms with Gasteiger partial charge >= 0.3 is 0 Å². The van der Waals surface area contributed by atoms with Crippen LogP contribution in [0.2, 0.25) is 5.02 Å². The van der Waals surface area contributed by atoms with Crippen LogP contribution in [0.15, 0.2) is 58.5 Å². The van der Waals surface area contributed by atoms with Crippen LogP contribution in [-0.4, -0.2) is 32.4 Å². The van der Waals surface area contributed by atoms with Crippen LogP contribution >= 0.6 is 23.4 Å². The number of aromatic nitrogens is 2. The largest absolute Gasteiger partial charge is 0.396 e. The predicted octanol–water partition coefficient (Wildman–Crippen LogP) is 3.55. The number of rotatable bonds is 7. The lowest BCUT2D eigenvalue weighted by Crippen LogP contribution is -2.27. The number of hydrogen-bond acceptors (Lipinski definition) is 5. The summed E-state index contributed by atoms with van der Waals surface area (Å²) in [5.41, 5.74) is 0.931. The summed E-state index contributed by atoms with van der Waals surface area (Å²) in [7, 11) is 0. The van der Waals surface area contributed by atoms with Crippen molar-refractivity contribution in [2.45, 2.75) is 30.3 Å². The molecular weight excluding hydrogens is 398 g/mol. The van der Waals surface area contributed by atoms with Crippen molar-refractivity contribution in [3.8, 4) is 0 Å². The number of nitrogens with zero attached hydrogens (tertiary/aromatic N) is 2. The fraction of sp³-hybridized carbons (Fsp3) is 0.250. The highest BCUT2D eigenvalue weighted by Crippen LogP contribution is 2.26. The molecule has 0 spiro atoms. The molecular formula is C20H20ClN3O3S. The predicted molar refractivity (Wildman–Crippen MR) is 113 cm³/mol. The molecule has 0 aliphatic rings. The van der Waals surface area contributed by atoms with Crippen molar-refractivity contribution < 1.29 is 9.90 Å². The number of carbonyl (C=O) groups excluding carboxylic acids is 1. The van der Waals surface area contributed by atoms with Gasteiger partial charge in [-0.1, -0.05) is 47.6 Å². The Kier molecular flexibility index (Phi) is 6.72. The van der Waals surface area contributed by atoms with Crippen molar-refractivity contribution in [3.05, 3.63) is 63.9 Å². The lowest BCUT2D eigenvalue weighted by molar-refractivity contribution is -0.115. The van der Waals surface area contributed by atoms with E-state index in [9.17, 15) is 9.59 Å². The number of benzene rings is 2. The van der Waals surface area contributed by atoms with Crippen molar-refractivity contribution in [3.63, 3.8) is 0 Å². The van der Waals surface area contributed by atoms with Gasteiger partial charge in [0, 0.05) is 13.2 Å². The topological polar surface area (TPSA) is 84.2 Å². The van der Waals surface area contributed by atoms with E-state index in [1.165, 1.54) is 16.3 Å². The molecule has 8 heteroatoms. The molecule has 0 saturated heterocycles. The van der Waals surface area contributed by atoms with E-state index in [-0.39, 0.29) is 18.1 Å². The standard InChI is InChI=1S/C20H20ClN3O3S/c1-13(18(26)22-17-10-5-3-8-15(17)21)28-20-23-16-9-4-2-7-14(16)19(27)24(20)11-6-12-25/h2-5,7-10,13,25H,6,11-12H2,1H3,(H,22,26)/t13-/m0/s1. The summed E-state index contributed by atoms with van der Waals surface area (Å²) in [5, 5.41) is 12.9. The van der Waals surface area contributed by atoms with Crippen LogP contribution in [0.4, 0.5) is 5.69 Å². The lowest BCUT2D eigenvalue weighted by atomic mass is 10.2. The number of anilines is 1. The summed E-state index contributed by atoms with van der Waals surface area (Å²) in [5.74, 6) is -0.241. The minimum Gasteiger partial charge on any atom is -0.396 e. The third-order valence-electron chi connectivity index (χ3n) is 4.15. The van der Waals surface area contributed by atoms with E-state index in [2.05, 4.69) is 10.3 Å². The van der Waals surface area contributed by atoms with E-state index in [4.69, 9.17) is 16.7 Å². The molecule has 0 aliphatic carbocycles. The Morgan fingerprint density at radius 2 is 1.96 bits per heavy atom. The van der Waals surface area contributed by atoms with E-state index < -0.39 is 5.25 Å². The van der Waals surface area contributed by atoms with Crippen molar-refractivity contribution in [1.82, 2.24) is 9.55 Å². The first-order valence-electron chi connectivity index (χ1n) is 8.83. The minimum absolute atomic E-state index is 0.0358. The molecule has 3 aromatic rings. The number of hydrogen-bond donors (Lipinski definition) is 2. The van der Waals surface area contributed by atoms with Gasteiger partial charge in [0.15, 0.2) is 5.16 Å². The van der Waals surface area contributed by atoms with E-state index in [0.717, 1.165) is 0 Å². The Morgan fingerprint density at radius 3 is 2.71 bits per heavy atom. The molecule has 28 heavy (non-hydrogen) atoms. The smallest absolute Gasteiger partial charge is 0.262 e. The van der Waals surface area contributed by atoms with Crippen molar-refractivity contribution >= 4 is 45.9 Å². The maximum Gasteiger partial charge on any atom is 0.262 e. The average Bonchev–Trinajstić information content (AvgIpc) is 2.69. The van der Waals surface area contributed by atoms with Gasteiger partial charge in [-0.3, -0.25) is 14.2 Å². The van der Waals surface area contributed by atoms with Gasteiger partial charge in [0.05, 0.1) is 26.9 Å². The monoisotopic (exact) mass is 417 g/mol. The highest BCUT2D eigenvalue weighted by Gasteiger charge is 2.20. The van der Waals surface area contributed by atoms with E-state index in [0.29, 0.717) is 39.7 Å². The molecule has 1 aromatic heterocycles. The van der Waals surface area contributed by atoms with E-state index >= 15 is 0 Å². The zero-order chi connectivity index (χ0) is 20.1. The van der Waals surface area contributed by atoms with Gasteiger partial charge in [-0.15, -0.1) is 0 Å². The maximum absolute atomic E-state index is 12.9. The third kappa shape index (κ3) is 4.55. The van der Waals surface area contributed by atoms with Crippen LogP contribution in [0.3, 0.4) is 0 Å². The Bertz CT molecular complexity index is 1050. The maximum atomic E-state index is 12.9. The third-order valence-corrected chi connectivity index (χ3v) is 5.57. The normalized spacial score (nSPS) is 12.1. The molecule has 0 bridgehead atoms. The summed E-state index contributed by atoms with van der Waals surface area (Å²) in [4.78, 5) is 30.0. The zero-order valence-electron chi connectivity index (χ0n) is 15.3. The first-order chi connectivity index (χ1) is 13.5. The fourth-order valence-corrected chi connectivity index (χ4v) is 3.79. The van der Waals surface area contributed by atoms with Crippen LogP contribution in [0.5, 0.6) is 0 Å². The van der Waals surface area contributed by atoms with E-state index in [1.807, 2.05) is 6.07 Å². The average molecular weight is 418 g/mol. The first-order valence-corrected chi connectivity index (χ1v) is 10.1. The van der Waals surface area contributed by atoms with Crippen LogP contribution in [-0.2, 0) is 11.3 Å². The second kappa shape index (κ2) is 9.23. The molecule has 3 rings (SSSR count). The summed E-state index contributed by atoms with van der Waals surface area (Å²) < 4.78 is 1.52. The minimum atomic E-state index is -0.510. The quantitative estimate of drug-likeness (QED) is 0.453. The van der Waals surface area contributed by atoms with Crippen LogP contribution in [0.25, 0.3) is 10.9 Å². The Morgan fingerprint density at radius 1 is 1.25 bits per heavy atom. The van der Waals surface area contributed by atoms with E-state index in [1.54, 1.807) is 49.4 Å². The summed E-state index contributed by atoms with van der Waals surface area (Å²) >= 11 is 7.30.